The highest BCUT2D eigenvalue weighted by molar-refractivity contribution is 7.70. The molecule has 3 heterocycles. The van der Waals surface area contributed by atoms with Gasteiger partial charge in [0, 0.05) is 5.56 Å². The van der Waals surface area contributed by atoms with Crippen LogP contribution >= 0.6 is 26.8 Å². The van der Waals surface area contributed by atoms with Gasteiger partial charge in [-0.05, 0) is 19.1 Å². The van der Waals surface area contributed by atoms with E-state index in [1.807, 2.05) is 0 Å². The van der Waals surface area contributed by atoms with Crippen LogP contribution in [-0.2, 0) is 18.4 Å². The first-order valence-corrected chi connectivity index (χ1v) is 14.8. The number of benzene rings is 1. The first-order chi connectivity index (χ1) is 17.3. The molecule has 13 nitrogen and oxygen atoms in total. The van der Waals surface area contributed by atoms with Gasteiger partial charge in [0.1, 0.15) is 23.2 Å². The highest BCUT2D eigenvalue weighted by atomic mass is 35.5. The molecule has 1 aromatic carbocycles. The molecule has 3 aromatic rings. The van der Waals surface area contributed by atoms with Gasteiger partial charge in [-0.3, -0.25) is 9.13 Å². The summed E-state index contributed by atoms with van der Waals surface area (Å²) in [5.74, 6) is -1.76. The van der Waals surface area contributed by atoms with Gasteiger partial charge in [0.15, 0.2) is 17.8 Å². The van der Waals surface area contributed by atoms with Crippen molar-refractivity contribution in [2.75, 3.05) is 17.8 Å². The van der Waals surface area contributed by atoms with E-state index in [-0.39, 0.29) is 16.6 Å². The molecule has 1 saturated heterocycles. The second-order valence-electron chi connectivity index (χ2n) is 8.58. The Labute approximate surface area is 215 Å². The van der Waals surface area contributed by atoms with Crippen LogP contribution in [0.1, 0.15) is 24.8 Å². The Morgan fingerprint density at radius 2 is 2.03 bits per heavy atom. The van der Waals surface area contributed by atoms with Gasteiger partial charge in [-0.15, -0.1) is 0 Å². The second kappa shape index (κ2) is 10.7. The van der Waals surface area contributed by atoms with E-state index in [0.717, 1.165) is 0 Å². The van der Waals surface area contributed by atoms with Crippen LogP contribution in [0.25, 0.3) is 11.0 Å². The fraction of sp³-hybridized carbons (Fsp3) is 0.400. The van der Waals surface area contributed by atoms with Gasteiger partial charge in [-0.1, -0.05) is 29.8 Å². The SMILES string of the molecule is C[C@H](Nc1cc(Cl)nc2c1cnn2[C@@H]1O[C@H](COP(=O)(O)CP(=O)(O)O)[C@@H](O)[C@H]1N)c1ccccc1F. The molecule has 0 saturated carbocycles. The van der Waals surface area contributed by atoms with E-state index in [1.54, 1.807) is 31.2 Å². The summed E-state index contributed by atoms with van der Waals surface area (Å²) >= 11 is 6.24. The molecule has 0 amide bonds. The molecule has 0 bridgehead atoms. The normalized spacial score (nSPS) is 24.8. The summed E-state index contributed by atoms with van der Waals surface area (Å²) in [6.07, 6.45) is -2.22. The number of rotatable bonds is 9. The maximum atomic E-state index is 14.2. The Bertz CT molecular complexity index is 1390. The van der Waals surface area contributed by atoms with E-state index in [2.05, 4.69) is 15.4 Å². The topological polar surface area (TPSA) is 202 Å². The maximum absolute atomic E-state index is 14.2. The van der Waals surface area contributed by atoms with Gasteiger partial charge in [0.05, 0.1) is 36.0 Å². The summed E-state index contributed by atoms with van der Waals surface area (Å²) in [6.45, 7) is 1.10. The monoisotopic (exact) mass is 579 g/mol. The van der Waals surface area contributed by atoms with Crippen LogP contribution in [0.2, 0.25) is 5.15 Å². The van der Waals surface area contributed by atoms with Crippen molar-refractivity contribution >= 4 is 43.5 Å². The number of hydrogen-bond acceptors (Lipinski definition) is 9. The molecule has 202 valence electrons. The number of ether oxygens (including phenoxy) is 1. The first kappa shape index (κ1) is 28.1. The number of anilines is 1. The number of hydrogen-bond donors (Lipinski definition) is 6. The molecule has 0 aliphatic carbocycles. The van der Waals surface area contributed by atoms with Crippen LogP contribution in [-0.4, -0.2) is 65.3 Å². The Hall–Kier alpha value is -1.96. The van der Waals surface area contributed by atoms with Gasteiger partial charge in [0.2, 0.25) is 0 Å². The van der Waals surface area contributed by atoms with Gasteiger partial charge >= 0.3 is 15.2 Å². The lowest BCUT2D eigenvalue weighted by atomic mass is 10.1. The predicted molar refractivity (Wildman–Crippen MR) is 132 cm³/mol. The molecule has 1 aliphatic heterocycles. The minimum absolute atomic E-state index is 0.0862. The average Bonchev–Trinajstić information content (AvgIpc) is 3.32. The highest BCUT2D eigenvalue weighted by Crippen LogP contribution is 2.55. The maximum Gasteiger partial charge on any atom is 0.340 e. The van der Waals surface area contributed by atoms with Crippen molar-refractivity contribution in [1.29, 1.82) is 0 Å². The molecule has 0 radical (unpaired) electrons. The Balaban J connectivity index is 1.56. The molecule has 2 aromatic heterocycles. The summed E-state index contributed by atoms with van der Waals surface area (Å²) in [7, 11) is -9.49. The van der Waals surface area contributed by atoms with E-state index in [9.17, 15) is 23.5 Å². The third-order valence-corrected chi connectivity index (χ3v) is 9.39. The first-order valence-electron chi connectivity index (χ1n) is 10.9. The molecule has 7 N–H and O–H groups in total. The van der Waals surface area contributed by atoms with Crippen LogP contribution in [0.5, 0.6) is 0 Å². The molecule has 37 heavy (non-hydrogen) atoms. The minimum Gasteiger partial charge on any atom is -0.389 e. The lowest BCUT2D eigenvalue weighted by Crippen LogP contribution is -2.40. The summed E-state index contributed by atoms with van der Waals surface area (Å²) in [5.41, 5.74) is 7.29. The van der Waals surface area contributed by atoms with Gasteiger partial charge in [0.25, 0.3) is 0 Å². The predicted octanol–water partition coefficient (Wildman–Crippen LogP) is 2.32. The fourth-order valence-electron chi connectivity index (χ4n) is 4.02. The van der Waals surface area contributed by atoms with Crippen LogP contribution < -0.4 is 11.1 Å². The lowest BCUT2D eigenvalue weighted by Gasteiger charge is -2.19. The third kappa shape index (κ3) is 6.37. The number of nitrogens with zero attached hydrogens (tertiary/aromatic N) is 3. The van der Waals surface area contributed by atoms with Crippen molar-refractivity contribution in [3.8, 4) is 0 Å². The molecule has 1 aliphatic rings. The standard InChI is InChI=1S/C20H25ClFN5O8P2/c1-10(11-4-2-3-5-13(11)22)25-14-6-16(21)26-19-12(14)7-24-27(19)20-17(23)18(28)15(35-20)8-34-37(32,33)9-36(29,30)31/h2-7,10,15,17-18,20,28H,8-9,23H2,1H3,(H,25,26)(H,32,33)(H2,29,30,31)/t10-,15+,17+,18+,20+/m0/s1. The van der Waals surface area contributed by atoms with E-state index in [4.69, 9.17) is 36.4 Å². The summed E-state index contributed by atoms with van der Waals surface area (Å²) in [6, 6.07) is 6.34. The number of aliphatic hydroxyl groups excluding tert-OH is 1. The number of aromatic nitrogens is 3. The number of nitrogens with two attached hydrogens (primary N) is 1. The highest BCUT2D eigenvalue weighted by Gasteiger charge is 2.45. The minimum atomic E-state index is -4.83. The second-order valence-corrected chi connectivity index (χ2v) is 13.0. The van der Waals surface area contributed by atoms with E-state index >= 15 is 0 Å². The summed E-state index contributed by atoms with van der Waals surface area (Å²) in [4.78, 5) is 31.8. The molecule has 6 atom stereocenters. The van der Waals surface area contributed by atoms with E-state index in [1.165, 1.54) is 16.9 Å². The van der Waals surface area contributed by atoms with Crippen molar-refractivity contribution in [3.63, 3.8) is 0 Å². The molecule has 1 fully saturated rings. The van der Waals surface area contributed by atoms with Crippen LogP contribution in [0.15, 0.2) is 36.5 Å². The number of aliphatic hydroxyl groups is 1. The summed E-state index contributed by atoms with van der Waals surface area (Å²) in [5, 5.41) is 18.6. The van der Waals surface area contributed by atoms with Crippen molar-refractivity contribution < 1.29 is 42.6 Å². The fourth-order valence-corrected chi connectivity index (χ4v) is 6.78. The van der Waals surface area contributed by atoms with Crippen molar-refractivity contribution in [2.45, 2.75) is 37.4 Å². The van der Waals surface area contributed by atoms with Crippen LogP contribution in [0, 0.1) is 5.82 Å². The van der Waals surface area contributed by atoms with Crippen molar-refractivity contribution in [3.05, 3.63) is 53.1 Å². The lowest BCUT2D eigenvalue weighted by molar-refractivity contribution is -0.0441. The molecular formula is C20H25ClFN5O8P2. The average molecular weight is 580 g/mol. The van der Waals surface area contributed by atoms with Crippen molar-refractivity contribution in [1.82, 2.24) is 14.8 Å². The molecule has 4 rings (SSSR count). The largest absolute Gasteiger partial charge is 0.389 e. The summed E-state index contributed by atoms with van der Waals surface area (Å²) < 4.78 is 49.0. The quantitative estimate of drug-likeness (QED) is 0.160. The molecule has 17 heteroatoms. The smallest absolute Gasteiger partial charge is 0.340 e. The number of pyridine rings is 1. The zero-order valence-electron chi connectivity index (χ0n) is 19.3. The Kier molecular flexibility index (Phi) is 8.08. The zero-order valence-corrected chi connectivity index (χ0v) is 21.8. The molecule has 1 unspecified atom stereocenters. The van der Waals surface area contributed by atoms with Gasteiger partial charge in [-0.25, -0.2) is 14.1 Å². The van der Waals surface area contributed by atoms with Crippen molar-refractivity contribution in [2.24, 2.45) is 5.73 Å². The molecule has 0 spiro atoms. The van der Waals surface area contributed by atoms with Crippen LogP contribution in [0.3, 0.4) is 0 Å². The Morgan fingerprint density at radius 1 is 1.32 bits per heavy atom. The van der Waals surface area contributed by atoms with Gasteiger partial charge < -0.3 is 40.1 Å². The zero-order chi connectivity index (χ0) is 27.1. The van der Waals surface area contributed by atoms with Gasteiger partial charge in [-0.2, -0.15) is 5.10 Å². The third-order valence-electron chi connectivity index (χ3n) is 5.74. The van der Waals surface area contributed by atoms with E-state index < -0.39 is 58.2 Å². The number of halogens is 2. The Morgan fingerprint density at radius 3 is 2.70 bits per heavy atom. The number of fused-ring (bicyclic) bond motifs is 1. The number of nitrogens with one attached hydrogen (secondary N) is 1. The van der Waals surface area contributed by atoms with E-state index in [0.29, 0.717) is 16.6 Å². The molecular weight excluding hydrogens is 555 g/mol. The van der Waals surface area contributed by atoms with Crippen LogP contribution in [0.4, 0.5) is 10.1 Å².